The van der Waals surface area contributed by atoms with Gasteiger partial charge in [0.1, 0.15) is 12.6 Å². The summed E-state index contributed by atoms with van der Waals surface area (Å²) in [5.41, 5.74) is 0. The summed E-state index contributed by atoms with van der Waals surface area (Å²) >= 11 is 0. The zero-order valence-corrected chi connectivity index (χ0v) is 17.6. The summed E-state index contributed by atoms with van der Waals surface area (Å²) in [5, 5.41) is 2.59. The Kier molecular flexibility index (Phi) is 16.3. The van der Waals surface area contributed by atoms with Gasteiger partial charge >= 0.3 is 6.09 Å². The molecule has 0 aliphatic rings. The van der Waals surface area contributed by atoms with Gasteiger partial charge in [0.05, 0.1) is 0 Å². The zero-order valence-electron chi connectivity index (χ0n) is 17.6. The van der Waals surface area contributed by atoms with Crippen molar-refractivity contribution in [2.75, 3.05) is 20.1 Å². The van der Waals surface area contributed by atoms with Crippen LogP contribution in [0.5, 0.6) is 0 Å². The van der Waals surface area contributed by atoms with Gasteiger partial charge in [0, 0.05) is 13.6 Å². The molecule has 0 saturated carbocycles. The minimum Gasteiger partial charge on any atom is -0.446 e. The highest BCUT2D eigenvalue weighted by molar-refractivity contribution is 5.81. The topological polar surface area (TPSA) is 58.6 Å². The first-order chi connectivity index (χ1) is 12.5. The molecular weight excluding hydrogens is 328 g/mol. The average molecular weight is 371 g/mol. The zero-order chi connectivity index (χ0) is 19.6. The molecule has 0 rings (SSSR count). The second-order valence-corrected chi connectivity index (χ2v) is 7.26. The van der Waals surface area contributed by atoms with Crippen LogP contribution < -0.4 is 5.32 Å². The van der Waals surface area contributed by atoms with E-state index in [0.29, 0.717) is 6.54 Å². The van der Waals surface area contributed by atoms with Crippen molar-refractivity contribution in [3.05, 3.63) is 0 Å². The van der Waals surface area contributed by atoms with E-state index in [9.17, 15) is 9.59 Å². The van der Waals surface area contributed by atoms with Gasteiger partial charge in [-0.3, -0.25) is 9.69 Å². The first-order valence-corrected chi connectivity index (χ1v) is 10.7. The van der Waals surface area contributed by atoms with Gasteiger partial charge in [0.25, 0.3) is 0 Å². The van der Waals surface area contributed by atoms with Gasteiger partial charge in [-0.2, -0.15) is 0 Å². The van der Waals surface area contributed by atoms with Crippen LogP contribution in [0.2, 0.25) is 0 Å². The fourth-order valence-corrected chi connectivity index (χ4v) is 2.91. The molecule has 1 N–H and O–H groups in total. The van der Waals surface area contributed by atoms with Gasteiger partial charge in [-0.25, -0.2) is 4.79 Å². The maximum atomic E-state index is 12.4. The summed E-state index contributed by atoms with van der Waals surface area (Å²) in [6.45, 7) is 7.00. The number of likely N-dealkylation sites (N-methyl/N-ethyl adjacent to an activating group) is 1. The van der Waals surface area contributed by atoms with Gasteiger partial charge in [0.2, 0.25) is 5.91 Å². The van der Waals surface area contributed by atoms with E-state index in [0.717, 1.165) is 25.7 Å². The quantitative estimate of drug-likeness (QED) is 0.376. The molecule has 0 aromatic carbocycles. The minimum absolute atomic E-state index is 0.0771. The lowest BCUT2D eigenvalue weighted by molar-refractivity contribution is -0.121. The monoisotopic (exact) mass is 370 g/mol. The molecule has 0 aliphatic carbocycles. The van der Waals surface area contributed by atoms with E-state index < -0.39 is 0 Å². The van der Waals surface area contributed by atoms with Crippen molar-refractivity contribution in [2.24, 2.45) is 0 Å². The summed E-state index contributed by atoms with van der Waals surface area (Å²) in [7, 11) is 1.59. The highest BCUT2D eigenvalue weighted by atomic mass is 16.6. The lowest BCUT2D eigenvalue weighted by atomic mass is 10.1. The average Bonchev–Trinajstić information content (AvgIpc) is 2.63. The molecule has 0 heterocycles. The number of nitrogens with one attached hydrogen (secondary N) is 1. The standard InChI is InChI=1S/C21H42N2O3/c1-5-7-9-11-12-13-15-17-23(18-20(24)22-4)21(25)26-19(3)16-14-10-8-6-2/h19H,5-18H2,1-4H3,(H,22,24). The summed E-state index contributed by atoms with van der Waals surface area (Å²) in [6.07, 6.45) is 13.4. The SMILES string of the molecule is CCCCCCCCCN(CC(=O)NC)C(=O)OC(C)CCCCCC. The predicted octanol–water partition coefficient (Wildman–Crippen LogP) is 5.28. The molecular formula is C21H42N2O3. The maximum absolute atomic E-state index is 12.4. The van der Waals surface area contributed by atoms with Gasteiger partial charge in [-0.1, -0.05) is 71.6 Å². The van der Waals surface area contributed by atoms with Crippen LogP contribution in [0, 0.1) is 0 Å². The number of carbonyl (C=O) groups excluding carboxylic acids is 2. The number of hydrogen-bond donors (Lipinski definition) is 1. The normalized spacial score (nSPS) is 11.8. The Morgan fingerprint density at radius 1 is 0.885 bits per heavy atom. The Bertz CT molecular complexity index is 361. The Hall–Kier alpha value is -1.26. The molecule has 5 heteroatoms. The van der Waals surface area contributed by atoms with Crippen LogP contribution in [-0.4, -0.2) is 43.1 Å². The van der Waals surface area contributed by atoms with Gasteiger partial charge in [-0.05, 0) is 26.2 Å². The molecule has 26 heavy (non-hydrogen) atoms. The van der Waals surface area contributed by atoms with E-state index in [-0.39, 0.29) is 24.6 Å². The largest absolute Gasteiger partial charge is 0.446 e. The van der Waals surface area contributed by atoms with Gasteiger partial charge < -0.3 is 10.1 Å². The van der Waals surface area contributed by atoms with Crippen molar-refractivity contribution in [3.8, 4) is 0 Å². The molecule has 0 aliphatic heterocycles. The molecule has 1 atom stereocenters. The third-order valence-electron chi connectivity index (χ3n) is 4.67. The van der Waals surface area contributed by atoms with Crippen molar-refractivity contribution in [1.82, 2.24) is 10.2 Å². The minimum atomic E-state index is -0.359. The van der Waals surface area contributed by atoms with Crippen LogP contribution in [-0.2, 0) is 9.53 Å². The number of hydrogen-bond acceptors (Lipinski definition) is 3. The highest BCUT2D eigenvalue weighted by Crippen LogP contribution is 2.11. The molecule has 0 aromatic heterocycles. The third kappa shape index (κ3) is 14.0. The van der Waals surface area contributed by atoms with Crippen LogP contribution in [0.4, 0.5) is 4.79 Å². The lowest BCUT2D eigenvalue weighted by Gasteiger charge is -2.23. The number of rotatable bonds is 16. The number of unbranched alkanes of at least 4 members (excludes halogenated alkanes) is 9. The smallest absolute Gasteiger partial charge is 0.410 e. The van der Waals surface area contributed by atoms with Crippen molar-refractivity contribution in [1.29, 1.82) is 0 Å². The molecule has 0 spiro atoms. The van der Waals surface area contributed by atoms with E-state index in [4.69, 9.17) is 4.74 Å². The number of amides is 2. The van der Waals surface area contributed by atoms with E-state index in [1.165, 1.54) is 51.4 Å². The second-order valence-electron chi connectivity index (χ2n) is 7.26. The number of ether oxygens (including phenoxy) is 1. The van der Waals surface area contributed by atoms with Crippen LogP contribution in [0.3, 0.4) is 0 Å². The Labute approximate surface area is 161 Å². The van der Waals surface area contributed by atoms with E-state index in [1.807, 2.05) is 6.92 Å². The van der Waals surface area contributed by atoms with Gasteiger partial charge in [-0.15, -0.1) is 0 Å². The molecule has 154 valence electrons. The molecule has 0 radical (unpaired) electrons. The maximum Gasteiger partial charge on any atom is 0.410 e. The van der Waals surface area contributed by atoms with Crippen LogP contribution in [0.25, 0.3) is 0 Å². The Morgan fingerprint density at radius 3 is 2.00 bits per heavy atom. The van der Waals surface area contributed by atoms with Crippen LogP contribution in [0.15, 0.2) is 0 Å². The number of carbonyl (C=O) groups is 2. The molecule has 0 fully saturated rings. The van der Waals surface area contributed by atoms with E-state index in [1.54, 1.807) is 11.9 Å². The van der Waals surface area contributed by atoms with Crippen molar-refractivity contribution >= 4 is 12.0 Å². The fraction of sp³-hybridized carbons (Fsp3) is 0.905. The Balaban J connectivity index is 4.21. The van der Waals surface area contributed by atoms with Crippen molar-refractivity contribution in [2.45, 2.75) is 104 Å². The van der Waals surface area contributed by atoms with Crippen LogP contribution in [0.1, 0.15) is 97.8 Å². The van der Waals surface area contributed by atoms with E-state index in [2.05, 4.69) is 19.2 Å². The summed E-state index contributed by atoms with van der Waals surface area (Å²) in [4.78, 5) is 25.7. The lowest BCUT2D eigenvalue weighted by Crippen LogP contribution is -2.41. The van der Waals surface area contributed by atoms with E-state index >= 15 is 0 Å². The Morgan fingerprint density at radius 2 is 1.42 bits per heavy atom. The molecule has 2 amide bonds. The first kappa shape index (κ1) is 24.7. The summed E-state index contributed by atoms with van der Waals surface area (Å²) < 4.78 is 5.56. The van der Waals surface area contributed by atoms with Crippen LogP contribution >= 0.6 is 0 Å². The highest BCUT2D eigenvalue weighted by Gasteiger charge is 2.19. The molecule has 1 unspecified atom stereocenters. The summed E-state index contributed by atoms with van der Waals surface area (Å²) in [5.74, 6) is -0.152. The van der Waals surface area contributed by atoms with Crippen molar-refractivity contribution in [3.63, 3.8) is 0 Å². The fourth-order valence-electron chi connectivity index (χ4n) is 2.91. The summed E-state index contributed by atoms with van der Waals surface area (Å²) in [6, 6.07) is 0. The molecule has 0 bridgehead atoms. The first-order valence-electron chi connectivity index (χ1n) is 10.7. The second kappa shape index (κ2) is 17.2. The molecule has 0 aromatic rings. The predicted molar refractivity (Wildman–Crippen MR) is 108 cm³/mol. The third-order valence-corrected chi connectivity index (χ3v) is 4.67. The molecule has 0 saturated heterocycles. The molecule has 5 nitrogen and oxygen atoms in total. The van der Waals surface area contributed by atoms with Crippen molar-refractivity contribution < 1.29 is 14.3 Å². The number of nitrogens with zero attached hydrogens (tertiary/aromatic N) is 1. The van der Waals surface area contributed by atoms with Gasteiger partial charge in [0.15, 0.2) is 0 Å².